The molecule has 4 N–H and O–H groups in total. The molecular weight excluding hydrogens is 330 g/mol. The van der Waals surface area contributed by atoms with Gasteiger partial charge in [-0.1, -0.05) is 36.4 Å². The van der Waals surface area contributed by atoms with Crippen molar-refractivity contribution in [1.82, 2.24) is 5.32 Å². The number of nitrogens with two attached hydrogens (primary N) is 1. The van der Waals surface area contributed by atoms with Crippen LogP contribution in [0.5, 0.6) is 0 Å². The second-order valence-corrected chi connectivity index (χ2v) is 6.46. The molecule has 3 rings (SSSR count). The molecule has 6 heteroatoms. The Morgan fingerprint density at radius 1 is 1.04 bits per heavy atom. The zero-order chi connectivity index (χ0) is 18.5. The number of rotatable bonds is 7. The summed E-state index contributed by atoms with van der Waals surface area (Å²) < 4.78 is 0. The molecule has 0 saturated heterocycles. The first kappa shape index (κ1) is 17.7. The zero-order valence-corrected chi connectivity index (χ0v) is 14.3. The van der Waals surface area contributed by atoms with Crippen LogP contribution in [-0.4, -0.2) is 23.8 Å². The van der Waals surface area contributed by atoms with E-state index in [0.717, 1.165) is 18.4 Å². The van der Waals surface area contributed by atoms with E-state index in [0.29, 0.717) is 17.7 Å². The number of hydrogen-bond donors (Lipinski definition) is 3. The third-order valence-electron chi connectivity index (χ3n) is 4.27. The highest BCUT2D eigenvalue weighted by molar-refractivity contribution is 5.99. The lowest BCUT2D eigenvalue weighted by atomic mass is 10.0. The number of carbonyl (C=O) groups is 3. The van der Waals surface area contributed by atoms with Crippen LogP contribution in [0.25, 0.3) is 0 Å². The monoisotopic (exact) mass is 351 g/mol. The molecule has 2 aromatic carbocycles. The van der Waals surface area contributed by atoms with Gasteiger partial charge in [-0.3, -0.25) is 14.4 Å². The lowest BCUT2D eigenvalue weighted by Crippen LogP contribution is -2.45. The van der Waals surface area contributed by atoms with Gasteiger partial charge >= 0.3 is 0 Å². The predicted molar refractivity (Wildman–Crippen MR) is 98.4 cm³/mol. The predicted octanol–water partition coefficient (Wildman–Crippen LogP) is 1.86. The summed E-state index contributed by atoms with van der Waals surface area (Å²) in [6.45, 7) is 0. The summed E-state index contributed by atoms with van der Waals surface area (Å²) in [7, 11) is 0. The molecule has 1 aliphatic rings. The minimum absolute atomic E-state index is 0.0263. The molecule has 134 valence electrons. The van der Waals surface area contributed by atoms with Crippen molar-refractivity contribution in [3.8, 4) is 0 Å². The SMILES string of the molecule is NC(=O)C(Cc1ccccc1)NC(=O)c1cccc(NC(=O)C2CC2)c1. The highest BCUT2D eigenvalue weighted by Crippen LogP contribution is 2.30. The van der Waals surface area contributed by atoms with Gasteiger partial charge in [-0.2, -0.15) is 0 Å². The molecule has 1 fully saturated rings. The summed E-state index contributed by atoms with van der Waals surface area (Å²) in [5, 5.41) is 5.48. The Bertz CT molecular complexity index is 816. The van der Waals surface area contributed by atoms with Crippen molar-refractivity contribution in [3.05, 3.63) is 65.7 Å². The summed E-state index contributed by atoms with van der Waals surface area (Å²) in [6.07, 6.45) is 2.14. The molecule has 0 heterocycles. The second kappa shape index (κ2) is 7.82. The molecule has 0 aliphatic heterocycles. The van der Waals surface area contributed by atoms with Crippen LogP contribution in [0.2, 0.25) is 0 Å². The van der Waals surface area contributed by atoms with Gasteiger partial charge < -0.3 is 16.4 Å². The number of primary amides is 1. The molecule has 0 aromatic heterocycles. The molecule has 0 spiro atoms. The summed E-state index contributed by atoms with van der Waals surface area (Å²) in [6, 6.07) is 15.2. The molecule has 1 saturated carbocycles. The quantitative estimate of drug-likeness (QED) is 0.709. The minimum Gasteiger partial charge on any atom is -0.368 e. The van der Waals surface area contributed by atoms with E-state index in [9.17, 15) is 14.4 Å². The van der Waals surface area contributed by atoms with E-state index in [1.54, 1.807) is 24.3 Å². The lowest BCUT2D eigenvalue weighted by molar-refractivity contribution is -0.120. The number of amides is 3. The van der Waals surface area contributed by atoms with Crippen LogP contribution in [0.15, 0.2) is 54.6 Å². The molecule has 1 atom stereocenters. The third-order valence-corrected chi connectivity index (χ3v) is 4.27. The molecular formula is C20H21N3O3. The van der Waals surface area contributed by atoms with Gasteiger partial charge in [-0.05, 0) is 36.6 Å². The number of nitrogens with one attached hydrogen (secondary N) is 2. The number of hydrogen-bond acceptors (Lipinski definition) is 3. The van der Waals surface area contributed by atoms with Gasteiger partial charge in [0.1, 0.15) is 6.04 Å². The maximum atomic E-state index is 12.5. The Balaban J connectivity index is 1.67. The Morgan fingerprint density at radius 2 is 1.77 bits per heavy atom. The molecule has 1 unspecified atom stereocenters. The Labute approximate surface area is 151 Å². The van der Waals surface area contributed by atoms with E-state index in [2.05, 4.69) is 10.6 Å². The fraction of sp³-hybridized carbons (Fsp3) is 0.250. The van der Waals surface area contributed by atoms with Gasteiger partial charge in [0.2, 0.25) is 11.8 Å². The van der Waals surface area contributed by atoms with Crippen LogP contribution in [-0.2, 0) is 16.0 Å². The van der Waals surface area contributed by atoms with Crippen LogP contribution in [0.4, 0.5) is 5.69 Å². The Kier molecular flexibility index (Phi) is 5.31. The van der Waals surface area contributed by atoms with Crippen molar-refractivity contribution < 1.29 is 14.4 Å². The normalized spacial score (nSPS) is 14.3. The summed E-state index contributed by atoms with van der Waals surface area (Å²) in [4.78, 5) is 36.1. The fourth-order valence-corrected chi connectivity index (χ4v) is 2.64. The molecule has 1 aliphatic carbocycles. The van der Waals surface area contributed by atoms with Gasteiger partial charge in [0.15, 0.2) is 0 Å². The van der Waals surface area contributed by atoms with E-state index in [4.69, 9.17) is 5.73 Å². The van der Waals surface area contributed by atoms with Gasteiger partial charge in [-0.15, -0.1) is 0 Å². The van der Waals surface area contributed by atoms with Crippen molar-refractivity contribution >= 4 is 23.4 Å². The minimum atomic E-state index is -0.811. The zero-order valence-electron chi connectivity index (χ0n) is 14.3. The highest BCUT2D eigenvalue weighted by Gasteiger charge is 2.29. The van der Waals surface area contributed by atoms with E-state index in [1.165, 1.54) is 0 Å². The smallest absolute Gasteiger partial charge is 0.252 e. The molecule has 3 amide bonds. The lowest BCUT2D eigenvalue weighted by Gasteiger charge is -2.16. The maximum absolute atomic E-state index is 12.5. The van der Waals surface area contributed by atoms with E-state index >= 15 is 0 Å². The van der Waals surface area contributed by atoms with Crippen LogP contribution in [0, 0.1) is 5.92 Å². The fourth-order valence-electron chi connectivity index (χ4n) is 2.64. The van der Waals surface area contributed by atoms with E-state index < -0.39 is 17.9 Å². The summed E-state index contributed by atoms with van der Waals surface area (Å²) >= 11 is 0. The highest BCUT2D eigenvalue weighted by atomic mass is 16.2. The Hall–Kier alpha value is -3.15. The largest absolute Gasteiger partial charge is 0.368 e. The van der Waals surface area contributed by atoms with E-state index in [-0.39, 0.29) is 11.8 Å². The van der Waals surface area contributed by atoms with Crippen molar-refractivity contribution in [3.63, 3.8) is 0 Å². The molecule has 0 bridgehead atoms. The second-order valence-electron chi connectivity index (χ2n) is 6.46. The van der Waals surface area contributed by atoms with Crippen molar-refractivity contribution in [2.75, 3.05) is 5.32 Å². The van der Waals surface area contributed by atoms with Crippen LogP contribution < -0.4 is 16.4 Å². The van der Waals surface area contributed by atoms with Crippen molar-refractivity contribution in [1.29, 1.82) is 0 Å². The van der Waals surface area contributed by atoms with Gasteiger partial charge in [0.05, 0.1) is 0 Å². The molecule has 6 nitrogen and oxygen atoms in total. The summed E-state index contributed by atoms with van der Waals surface area (Å²) in [5.41, 5.74) is 7.26. The van der Waals surface area contributed by atoms with Gasteiger partial charge in [0.25, 0.3) is 5.91 Å². The van der Waals surface area contributed by atoms with Crippen LogP contribution >= 0.6 is 0 Å². The number of anilines is 1. The van der Waals surface area contributed by atoms with E-state index in [1.807, 2.05) is 30.3 Å². The average Bonchev–Trinajstić information content (AvgIpc) is 3.47. The third kappa shape index (κ3) is 4.69. The number of carbonyl (C=O) groups excluding carboxylic acids is 3. The molecule has 0 radical (unpaired) electrons. The Morgan fingerprint density at radius 3 is 2.42 bits per heavy atom. The maximum Gasteiger partial charge on any atom is 0.252 e. The first-order valence-corrected chi connectivity index (χ1v) is 8.58. The standard InChI is InChI=1S/C20H21N3O3/c21-18(24)17(11-13-5-2-1-3-6-13)23-20(26)15-7-4-8-16(12-15)22-19(25)14-9-10-14/h1-8,12,14,17H,9-11H2,(H2,21,24)(H,22,25)(H,23,26). The number of benzene rings is 2. The first-order valence-electron chi connectivity index (χ1n) is 8.58. The molecule has 2 aromatic rings. The topological polar surface area (TPSA) is 101 Å². The van der Waals surface area contributed by atoms with Crippen LogP contribution in [0.3, 0.4) is 0 Å². The first-order chi connectivity index (χ1) is 12.5. The van der Waals surface area contributed by atoms with Crippen LogP contribution in [0.1, 0.15) is 28.8 Å². The van der Waals surface area contributed by atoms with Gasteiger partial charge in [-0.25, -0.2) is 0 Å². The van der Waals surface area contributed by atoms with Gasteiger partial charge in [0, 0.05) is 23.6 Å². The average molecular weight is 351 g/mol. The van der Waals surface area contributed by atoms with Crippen molar-refractivity contribution in [2.45, 2.75) is 25.3 Å². The molecule has 26 heavy (non-hydrogen) atoms. The summed E-state index contributed by atoms with van der Waals surface area (Å²) in [5.74, 6) is -0.952. The van der Waals surface area contributed by atoms with Crippen molar-refractivity contribution in [2.24, 2.45) is 11.7 Å².